The Hall–Kier alpha value is 2.87. The van der Waals surface area contributed by atoms with Gasteiger partial charge in [0.15, 0.2) is 0 Å². The number of hydrogen-bond donors (Lipinski definition) is 0. The first kappa shape index (κ1) is 45.1. The van der Waals surface area contributed by atoms with Gasteiger partial charge in [0.1, 0.15) is 0 Å². The Bertz CT molecular complexity index is 9.61. The molecule has 5 heavy (non-hydrogen) atoms. The van der Waals surface area contributed by atoms with Crippen molar-refractivity contribution in [2.45, 2.75) is 0 Å². The van der Waals surface area contributed by atoms with E-state index in [0.717, 1.165) is 0 Å². The van der Waals surface area contributed by atoms with E-state index in [1.807, 2.05) is 0 Å². The molecule has 0 bridgehead atoms. The van der Waals surface area contributed by atoms with Crippen molar-refractivity contribution in [2.75, 3.05) is 0 Å². The molecule has 2 radical (unpaired) electrons. The van der Waals surface area contributed by atoms with Crippen molar-refractivity contribution >= 4 is 0 Å². The maximum atomic E-state index is 0. The molecule has 0 heterocycles. The predicted molar refractivity (Wildman–Crippen MR) is 0 cm³/mol. The van der Waals surface area contributed by atoms with Gasteiger partial charge in [-0.05, 0) is 0 Å². The van der Waals surface area contributed by atoms with Crippen molar-refractivity contribution in [3.8, 4) is 0 Å². The molecule has 0 saturated heterocycles. The van der Waals surface area contributed by atoms with Crippen molar-refractivity contribution in [1.82, 2.24) is 0 Å². The summed E-state index contributed by atoms with van der Waals surface area (Å²) in [5.41, 5.74) is 0. The van der Waals surface area contributed by atoms with Crippen LogP contribution in [-0.2, 0) is 60.1 Å². The second-order valence-electron chi connectivity index (χ2n) is 0. The largest absolute Gasteiger partial charge is 2.00 e. The van der Waals surface area contributed by atoms with Crippen LogP contribution in [0.25, 0.3) is 0 Å². The molecule has 0 atom stereocenters. The molecule has 34 valence electrons. The molecule has 0 aromatic heterocycles. The van der Waals surface area contributed by atoms with Crippen molar-refractivity contribution in [3.63, 3.8) is 0 Å². The Morgan fingerprint density at radius 1 is 0.800 bits per heavy atom. The topological polar surface area (TPSA) is 0 Å². The fourth-order valence-corrected chi connectivity index (χ4v) is 0. The van der Waals surface area contributed by atoms with Crippen molar-refractivity contribution in [2.24, 2.45) is 0 Å². The van der Waals surface area contributed by atoms with Crippen LogP contribution in [-0.4, -0.2) is 0 Å². The third kappa shape index (κ3) is 19.8. The van der Waals surface area contributed by atoms with Gasteiger partial charge in [0, 0.05) is 43.0 Å². The van der Waals surface area contributed by atoms with Gasteiger partial charge in [-0.3, -0.25) is 0 Å². The van der Waals surface area contributed by atoms with Crippen LogP contribution >= 0.6 is 0 Å². The summed E-state index contributed by atoms with van der Waals surface area (Å²) in [6.07, 6.45) is 0. The summed E-state index contributed by atoms with van der Waals surface area (Å²) in [7, 11) is 0. The van der Waals surface area contributed by atoms with Gasteiger partial charge in [-0.15, -0.1) is 0 Å². The quantitative estimate of drug-likeness (QED) is 0.376. The van der Waals surface area contributed by atoms with E-state index in [1.165, 1.54) is 0 Å². The molecule has 0 aromatic carbocycles. The summed E-state index contributed by atoms with van der Waals surface area (Å²) < 4.78 is 0. The standard InChI is InChI=1S/2BrH.Co.Mn.Zr/h2*1H;;;/q;;;+2;/p-2. The molecule has 5 heteroatoms. The van der Waals surface area contributed by atoms with Gasteiger partial charge in [-0.25, -0.2) is 0 Å². The van der Waals surface area contributed by atoms with Gasteiger partial charge >= 0.3 is 17.1 Å². The molecule has 0 aliphatic rings. The molecule has 0 unspecified atom stereocenters. The number of rotatable bonds is 0. The van der Waals surface area contributed by atoms with Crippen LogP contribution in [0.1, 0.15) is 0 Å². The average molecular weight is 365 g/mol. The molecule has 0 N–H and O–H groups in total. The summed E-state index contributed by atoms with van der Waals surface area (Å²) in [5.74, 6) is 0. The van der Waals surface area contributed by atoms with E-state index in [9.17, 15) is 0 Å². The molecule has 0 fully saturated rings. The minimum atomic E-state index is 0. The first-order valence-electron chi connectivity index (χ1n) is 0. The number of halogens is 2. The van der Waals surface area contributed by atoms with E-state index < -0.39 is 0 Å². The Morgan fingerprint density at radius 2 is 0.800 bits per heavy atom. The monoisotopic (exact) mass is 362 g/mol. The third-order valence-corrected chi connectivity index (χ3v) is 0. The summed E-state index contributed by atoms with van der Waals surface area (Å²) in [6, 6.07) is 0. The van der Waals surface area contributed by atoms with Crippen molar-refractivity contribution in [1.29, 1.82) is 0 Å². The van der Waals surface area contributed by atoms with Crippen molar-refractivity contribution < 1.29 is 94.0 Å². The maximum Gasteiger partial charge on any atom is 2.00 e. The minimum absolute atomic E-state index is 0. The van der Waals surface area contributed by atoms with Crippen LogP contribution in [0.5, 0.6) is 0 Å². The minimum Gasteiger partial charge on any atom is -1.00 e. The van der Waals surface area contributed by atoms with Crippen LogP contribution in [0.4, 0.5) is 0 Å². The first-order chi connectivity index (χ1) is 0. The van der Waals surface area contributed by atoms with Crippen LogP contribution in [0.15, 0.2) is 0 Å². The zero-order chi connectivity index (χ0) is 0. The van der Waals surface area contributed by atoms with E-state index in [-0.39, 0.29) is 94.0 Å². The smallest absolute Gasteiger partial charge is 1.00 e. The SMILES string of the molecule is [Br-].[Br-].[Co].[Mn+2].[Zr]. The Morgan fingerprint density at radius 3 is 0.800 bits per heavy atom. The molecule has 0 nitrogen and oxygen atoms in total. The second kappa shape index (κ2) is 28.7. The molecule has 0 spiro atoms. The summed E-state index contributed by atoms with van der Waals surface area (Å²) in [4.78, 5) is 0. The average Bonchev–Trinajstić information content (AvgIpc) is 0. The second-order valence-corrected chi connectivity index (χ2v) is 0. The van der Waals surface area contributed by atoms with E-state index in [2.05, 4.69) is 0 Å². The Balaban J connectivity index is 0. The Kier molecular flexibility index (Phi) is 259. The van der Waals surface area contributed by atoms with Crippen LogP contribution in [0.2, 0.25) is 0 Å². The van der Waals surface area contributed by atoms with Crippen LogP contribution < -0.4 is 34.0 Å². The molecule has 0 amide bonds. The molecule has 0 aromatic rings. The summed E-state index contributed by atoms with van der Waals surface area (Å²) in [5, 5.41) is 0. The van der Waals surface area contributed by atoms with Gasteiger partial charge < -0.3 is 34.0 Å². The molecular formula is Br2CoMnZr. The van der Waals surface area contributed by atoms with E-state index in [0.29, 0.717) is 0 Å². The zero-order valence-corrected chi connectivity index (χ0v) is 9.82. The number of hydrogen-bond acceptors (Lipinski definition) is 0. The van der Waals surface area contributed by atoms with Crippen LogP contribution in [0.3, 0.4) is 0 Å². The Labute approximate surface area is 92.6 Å². The summed E-state index contributed by atoms with van der Waals surface area (Å²) >= 11 is 0. The van der Waals surface area contributed by atoms with Gasteiger partial charge in [-0.2, -0.15) is 0 Å². The molecule has 0 aliphatic carbocycles. The van der Waals surface area contributed by atoms with E-state index >= 15 is 0 Å². The third-order valence-electron chi connectivity index (χ3n) is 0. The molecule has 0 saturated carbocycles. The van der Waals surface area contributed by atoms with E-state index in [1.54, 1.807) is 0 Å². The van der Waals surface area contributed by atoms with Gasteiger partial charge in [0.25, 0.3) is 0 Å². The van der Waals surface area contributed by atoms with E-state index in [4.69, 9.17) is 0 Å². The predicted octanol–water partition coefficient (Wildman–Crippen LogP) is -6.00. The fraction of sp³-hybridized carbons (Fsp3) is 0. The summed E-state index contributed by atoms with van der Waals surface area (Å²) in [6.45, 7) is 0. The van der Waals surface area contributed by atoms with Crippen molar-refractivity contribution in [3.05, 3.63) is 0 Å². The van der Waals surface area contributed by atoms with Gasteiger partial charge in [0.05, 0.1) is 0 Å². The molecule has 0 aliphatic heterocycles. The van der Waals surface area contributed by atoms with Crippen LogP contribution in [0, 0.1) is 0 Å². The normalized spacial score (nSPS) is 0. The zero-order valence-electron chi connectivity index (χ0n) is 1.97. The molecule has 0 rings (SSSR count). The molecular weight excluding hydrogens is 365 g/mol. The van der Waals surface area contributed by atoms with Gasteiger partial charge in [0.2, 0.25) is 0 Å². The maximum absolute atomic E-state index is 0. The van der Waals surface area contributed by atoms with Gasteiger partial charge in [-0.1, -0.05) is 0 Å². The fourth-order valence-electron chi connectivity index (χ4n) is 0. The first-order valence-corrected chi connectivity index (χ1v) is 0.